The SMILES string of the molecule is Cc1cccc(N2C(=N)S/C(=C\c3cc(Cl)ccc3OCC(=O)Nc3ccc(F)cc3)C2=O)c1. The van der Waals surface area contributed by atoms with Crippen LogP contribution in [-0.4, -0.2) is 23.6 Å². The molecule has 0 aromatic heterocycles. The number of hydrogen-bond donors (Lipinski definition) is 2. The number of hydrogen-bond acceptors (Lipinski definition) is 5. The Labute approximate surface area is 204 Å². The third-order valence-corrected chi connectivity index (χ3v) is 5.95. The highest BCUT2D eigenvalue weighted by molar-refractivity contribution is 8.19. The highest BCUT2D eigenvalue weighted by Gasteiger charge is 2.33. The molecule has 2 N–H and O–H groups in total. The maximum atomic E-state index is 13.1. The number of halogens is 2. The summed E-state index contributed by atoms with van der Waals surface area (Å²) in [6, 6.07) is 17.6. The third kappa shape index (κ3) is 5.47. The molecule has 3 aromatic carbocycles. The molecule has 1 saturated heterocycles. The summed E-state index contributed by atoms with van der Waals surface area (Å²) in [5, 5.41) is 11.4. The molecule has 34 heavy (non-hydrogen) atoms. The first-order valence-corrected chi connectivity index (χ1v) is 11.4. The standard InChI is InChI=1S/C25H19ClFN3O3S/c1-15-3-2-4-20(11-15)30-24(32)22(34-25(30)28)13-16-12-17(26)5-10-21(16)33-14-23(31)29-19-8-6-18(27)7-9-19/h2-13,28H,14H2,1H3,(H,29,31)/b22-13-,28-25?. The number of amidine groups is 1. The number of nitrogens with one attached hydrogen (secondary N) is 2. The number of rotatable bonds is 6. The molecule has 1 aliphatic rings. The molecule has 0 radical (unpaired) electrons. The predicted molar refractivity (Wildman–Crippen MR) is 134 cm³/mol. The summed E-state index contributed by atoms with van der Waals surface area (Å²) >= 11 is 7.18. The third-order valence-electron chi connectivity index (χ3n) is 4.83. The molecular weight excluding hydrogens is 477 g/mol. The Morgan fingerprint density at radius 1 is 1.18 bits per heavy atom. The topological polar surface area (TPSA) is 82.5 Å². The number of ether oxygens (including phenoxy) is 1. The molecule has 0 atom stereocenters. The number of thioether (sulfide) groups is 1. The van der Waals surface area contributed by atoms with Crippen molar-refractivity contribution >= 4 is 57.8 Å². The predicted octanol–water partition coefficient (Wildman–Crippen LogP) is 5.86. The van der Waals surface area contributed by atoms with Crippen molar-refractivity contribution in [3.05, 3.63) is 93.6 Å². The van der Waals surface area contributed by atoms with Gasteiger partial charge in [-0.2, -0.15) is 0 Å². The van der Waals surface area contributed by atoms with Gasteiger partial charge in [-0.3, -0.25) is 19.9 Å². The Morgan fingerprint density at radius 2 is 1.94 bits per heavy atom. The summed E-state index contributed by atoms with van der Waals surface area (Å²) in [4.78, 5) is 27.0. The van der Waals surface area contributed by atoms with Gasteiger partial charge in [0.05, 0.1) is 10.6 Å². The molecule has 0 bridgehead atoms. The molecule has 0 spiro atoms. The normalized spacial score (nSPS) is 14.6. The Morgan fingerprint density at radius 3 is 2.68 bits per heavy atom. The van der Waals surface area contributed by atoms with E-state index in [1.165, 1.54) is 29.2 Å². The van der Waals surface area contributed by atoms with E-state index in [1.807, 2.05) is 25.1 Å². The van der Waals surface area contributed by atoms with Gasteiger partial charge in [-0.25, -0.2) is 4.39 Å². The van der Waals surface area contributed by atoms with Crippen molar-refractivity contribution < 1.29 is 18.7 Å². The van der Waals surface area contributed by atoms with Gasteiger partial charge in [0.15, 0.2) is 11.8 Å². The Balaban J connectivity index is 1.51. The number of carbonyl (C=O) groups is 2. The van der Waals surface area contributed by atoms with Crippen molar-refractivity contribution in [2.24, 2.45) is 0 Å². The van der Waals surface area contributed by atoms with Crippen LogP contribution in [0.4, 0.5) is 15.8 Å². The minimum absolute atomic E-state index is 0.0880. The van der Waals surface area contributed by atoms with E-state index in [4.69, 9.17) is 21.7 Å². The van der Waals surface area contributed by atoms with Gasteiger partial charge < -0.3 is 10.1 Å². The smallest absolute Gasteiger partial charge is 0.271 e. The fraction of sp³-hybridized carbons (Fsp3) is 0.0800. The number of carbonyl (C=O) groups excluding carboxylic acids is 2. The summed E-state index contributed by atoms with van der Waals surface area (Å²) in [6.45, 7) is 1.61. The lowest BCUT2D eigenvalue weighted by Gasteiger charge is -2.14. The lowest BCUT2D eigenvalue weighted by Crippen LogP contribution is -2.28. The van der Waals surface area contributed by atoms with Crippen molar-refractivity contribution in [2.45, 2.75) is 6.92 Å². The van der Waals surface area contributed by atoms with Crippen molar-refractivity contribution in [2.75, 3.05) is 16.8 Å². The molecular formula is C25H19ClFN3O3S. The minimum atomic E-state index is -0.432. The summed E-state index contributed by atoms with van der Waals surface area (Å²) in [6.07, 6.45) is 1.59. The monoisotopic (exact) mass is 495 g/mol. The largest absolute Gasteiger partial charge is 0.483 e. The number of anilines is 2. The van der Waals surface area contributed by atoms with Crippen LogP contribution in [-0.2, 0) is 9.59 Å². The summed E-state index contributed by atoms with van der Waals surface area (Å²) < 4.78 is 18.7. The fourth-order valence-electron chi connectivity index (χ4n) is 3.27. The van der Waals surface area contributed by atoms with Gasteiger partial charge in [0.2, 0.25) is 0 Å². The van der Waals surface area contributed by atoms with Crippen LogP contribution in [0.1, 0.15) is 11.1 Å². The molecule has 1 fully saturated rings. The molecule has 9 heteroatoms. The summed E-state index contributed by atoms with van der Waals surface area (Å²) in [5.74, 6) is -0.819. The van der Waals surface area contributed by atoms with Crippen LogP contribution in [0.25, 0.3) is 6.08 Å². The zero-order chi connectivity index (χ0) is 24.2. The number of benzene rings is 3. The molecule has 1 aliphatic heterocycles. The zero-order valence-corrected chi connectivity index (χ0v) is 19.5. The van der Waals surface area contributed by atoms with Gasteiger partial charge in [-0.05, 0) is 84.9 Å². The number of amides is 2. The van der Waals surface area contributed by atoms with Gasteiger partial charge in [0.25, 0.3) is 11.8 Å². The summed E-state index contributed by atoms with van der Waals surface area (Å²) in [5.41, 5.74) is 2.53. The molecule has 3 aromatic rings. The molecule has 6 nitrogen and oxygen atoms in total. The van der Waals surface area contributed by atoms with E-state index in [0.717, 1.165) is 17.3 Å². The Kier molecular flexibility index (Phi) is 7.00. The van der Waals surface area contributed by atoms with Gasteiger partial charge in [-0.15, -0.1) is 0 Å². The van der Waals surface area contributed by atoms with E-state index in [-0.39, 0.29) is 17.7 Å². The lowest BCUT2D eigenvalue weighted by molar-refractivity contribution is -0.118. The zero-order valence-electron chi connectivity index (χ0n) is 18.0. The Bertz CT molecular complexity index is 1310. The summed E-state index contributed by atoms with van der Waals surface area (Å²) in [7, 11) is 0. The Hall–Kier alpha value is -3.62. The quantitative estimate of drug-likeness (QED) is 0.419. The van der Waals surface area contributed by atoms with Crippen molar-refractivity contribution in [3.63, 3.8) is 0 Å². The van der Waals surface area contributed by atoms with E-state index < -0.39 is 11.7 Å². The molecule has 0 aliphatic carbocycles. The van der Waals surface area contributed by atoms with Crippen LogP contribution >= 0.6 is 23.4 Å². The van der Waals surface area contributed by atoms with Gasteiger partial charge >= 0.3 is 0 Å². The van der Waals surface area contributed by atoms with Crippen molar-refractivity contribution in [1.29, 1.82) is 5.41 Å². The van der Waals surface area contributed by atoms with Crippen LogP contribution in [0.5, 0.6) is 5.75 Å². The van der Waals surface area contributed by atoms with Crippen LogP contribution in [0.2, 0.25) is 5.02 Å². The van der Waals surface area contributed by atoms with Crippen LogP contribution in [0.15, 0.2) is 71.6 Å². The minimum Gasteiger partial charge on any atom is -0.483 e. The maximum Gasteiger partial charge on any atom is 0.271 e. The fourth-order valence-corrected chi connectivity index (χ4v) is 4.30. The van der Waals surface area contributed by atoms with E-state index in [9.17, 15) is 14.0 Å². The molecule has 2 amide bonds. The molecule has 4 rings (SSSR count). The van der Waals surface area contributed by atoms with Crippen LogP contribution in [0, 0.1) is 18.2 Å². The van der Waals surface area contributed by atoms with Gasteiger partial charge in [-0.1, -0.05) is 23.7 Å². The van der Waals surface area contributed by atoms with Crippen LogP contribution in [0.3, 0.4) is 0 Å². The first kappa shape index (κ1) is 23.5. The molecule has 172 valence electrons. The van der Waals surface area contributed by atoms with Gasteiger partial charge in [0.1, 0.15) is 11.6 Å². The van der Waals surface area contributed by atoms with Crippen molar-refractivity contribution in [3.8, 4) is 5.75 Å². The number of nitrogens with zero attached hydrogens (tertiary/aromatic N) is 1. The van der Waals surface area contributed by atoms with Crippen LogP contribution < -0.4 is 15.0 Å². The lowest BCUT2D eigenvalue weighted by atomic mass is 10.1. The molecule has 0 saturated carbocycles. The van der Waals surface area contributed by atoms with E-state index in [1.54, 1.807) is 30.3 Å². The second kappa shape index (κ2) is 10.1. The van der Waals surface area contributed by atoms with E-state index in [2.05, 4.69) is 5.32 Å². The first-order chi connectivity index (χ1) is 16.3. The number of aryl methyl sites for hydroxylation is 1. The van der Waals surface area contributed by atoms with E-state index >= 15 is 0 Å². The maximum absolute atomic E-state index is 13.1. The molecule has 1 heterocycles. The molecule has 0 unspecified atom stereocenters. The average Bonchev–Trinajstić information content (AvgIpc) is 3.07. The highest BCUT2D eigenvalue weighted by atomic mass is 35.5. The van der Waals surface area contributed by atoms with Crippen molar-refractivity contribution in [1.82, 2.24) is 0 Å². The first-order valence-electron chi connectivity index (χ1n) is 10.2. The van der Waals surface area contributed by atoms with E-state index in [0.29, 0.717) is 32.6 Å². The highest BCUT2D eigenvalue weighted by Crippen LogP contribution is 2.37. The van der Waals surface area contributed by atoms with Gasteiger partial charge in [0, 0.05) is 16.3 Å². The second-order valence-corrected chi connectivity index (χ2v) is 8.89. The second-order valence-electron chi connectivity index (χ2n) is 7.42. The average molecular weight is 496 g/mol.